The molecule has 156 valence electrons. The zero-order valence-electron chi connectivity index (χ0n) is 18.7. The predicted molar refractivity (Wildman–Crippen MR) is 132 cm³/mol. The monoisotopic (exact) mass is 484 g/mol. The second-order valence-electron chi connectivity index (χ2n) is 9.32. The Morgan fingerprint density at radius 3 is 1.59 bits per heavy atom. The van der Waals surface area contributed by atoms with Crippen molar-refractivity contribution in [2.24, 2.45) is 5.92 Å². The van der Waals surface area contributed by atoms with Crippen LogP contribution in [0.3, 0.4) is 0 Å². The van der Waals surface area contributed by atoms with Crippen LogP contribution in [0.25, 0.3) is 0 Å². The van der Waals surface area contributed by atoms with Crippen molar-refractivity contribution in [1.29, 1.82) is 0 Å². The number of rotatable bonds is 3. The fraction of sp³-hybridized carbons (Fsp3) is 0.545. The summed E-state index contributed by atoms with van der Waals surface area (Å²) in [5.74, 6) is 0.674. The van der Waals surface area contributed by atoms with E-state index in [9.17, 15) is 0 Å². The number of aryl methyl sites for hydroxylation is 2. The minimum Gasteiger partial charge on any atom is -0.147 e. The van der Waals surface area contributed by atoms with Crippen molar-refractivity contribution < 1.29 is 15.8 Å². The Kier molecular flexibility index (Phi) is 11.6. The minimum atomic E-state index is -2.18. The molecule has 0 spiro atoms. The van der Waals surface area contributed by atoms with E-state index in [0.29, 0.717) is 9.64 Å². The quantitative estimate of drug-likeness (QED) is 0.406. The molecule has 0 N–H and O–H groups in total. The van der Waals surface area contributed by atoms with Gasteiger partial charge >= 0.3 is 156 Å². The Morgan fingerprint density at radius 2 is 1.26 bits per heavy atom. The van der Waals surface area contributed by atoms with Crippen LogP contribution in [0.1, 0.15) is 59.6 Å². The molecule has 0 aromatic heterocycles. The molecule has 0 amide bonds. The zero-order chi connectivity index (χ0) is 18.4. The number of benzene rings is 1. The average Bonchev–Trinajstić information content (AvgIpc) is 2.60. The molecule has 0 saturated carbocycles. The van der Waals surface area contributed by atoms with E-state index in [4.69, 9.17) is 0 Å². The average molecular weight is 486 g/mol. The van der Waals surface area contributed by atoms with E-state index in [1.807, 2.05) is 3.88 Å². The molecular weight excluding hydrogens is 447 g/mol. The van der Waals surface area contributed by atoms with Crippen molar-refractivity contribution >= 4 is 49.8 Å². The van der Waals surface area contributed by atoms with Gasteiger partial charge in [0.15, 0.2) is 0 Å². The van der Waals surface area contributed by atoms with Gasteiger partial charge in [-0.3, -0.25) is 0 Å². The van der Waals surface area contributed by atoms with Crippen LogP contribution in [0.4, 0.5) is 0 Å². The van der Waals surface area contributed by atoms with Gasteiger partial charge in [0.1, 0.15) is 0 Å². The van der Waals surface area contributed by atoms with Crippen LogP contribution in [0, 0.1) is 19.8 Å². The minimum absolute atomic E-state index is 0. The standard InChI is InChI=1S/C9H13.C8H11Si.C4H9.CH3.3ClH.Ti/c1-6-5-7(2)9(4)8(6)3;1-6-3-7(2)5-8(9)4-6;1-4(2)3;;;;;/h6H,1-4H3;3-5H,9H2,1-2H3;1-3H3;1H3;3*1H;. The topological polar surface area (TPSA) is 0 Å². The summed E-state index contributed by atoms with van der Waals surface area (Å²) in [6.07, 6.45) is 0. The van der Waals surface area contributed by atoms with E-state index in [2.05, 4.69) is 85.7 Å². The van der Waals surface area contributed by atoms with Crippen LogP contribution in [0.5, 0.6) is 0 Å². The van der Waals surface area contributed by atoms with Crippen LogP contribution in [-0.4, -0.2) is 7.39 Å². The van der Waals surface area contributed by atoms with Gasteiger partial charge in [0.05, 0.1) is 0 Å². The molecule has 0 aliphatic heterocycles. The molecule has 2 rings (SSSR count). The molecule has 0 radical (unpaired) electrons. The molecule has 0 nitrogen and oxygen atoms in total. The van der Waals surface area contributed by atoms with Crippen LogP contribution in [-0.2, 0) is 15.8 Å². The summed E-state index contributed by atoms with van der Waals surface area (Å²) in [5.41, 5.74) is 7.72. The number of hydrogen-bond acceptors (Lipinski definition) is 0. The predicted octanol–water partition coefficient (Wildman–Crippen LogP) is 6.96. The molecule has 0 saturated heterocycles. The summed E-state index contributed by atoms with van der Waals surface area (Å²) in [7, 11) is -0.276. The molecule has 0 bridgehead atoms. The fourth-order valence-corrected chi connectivity index (χ4v) is 22.2. The molecule has 27 heavy (non-hydrogen) atoms. The maximum atomic E-state index is 2.74. The van der Waals surface area contributed by atoms with Gasteiger partial charge in [-0.2, -0.15) is 0 Å². The Balaban J connectivity index is 0. The SMILES string of the molecule is CC1=C(C)C(C)[C]([Ti]([CH3])([SiH2]c2cc(C)cc(C)c2)[C](C)(C)C)=C1C.Cl.Cl.Cl. The molecule has 2 atom stereocenters. The van der Waals surface area contributed by atoms with Gasteiger partial charge in [-0.05, 0) is 0 Å². The molecule has 5 heteroatoms. The maximum Gasteiger partial charge on any atom is -0.147 e. The largest absolute Gasteiger partial charge is 0.147 e. The molecule has 0 heterocycles. The van der Waals surface area contributed by atoms with Crippen molar-refractivity contribution in [3.05, 3.63) is 49.9 Å². The van der Waals surface area contributed by atoms with E-state index in [-0.39, 0.29) is 44.6 Å². The smallest absolute Gasteiger partial charge is 0.147 e. The van der Waals surface area contributed by atoms with Gasteiger partial charge in [-0.15, -0.1) is 37.2 Å². The zero-order valence-corrected chi connectivity index (χ0v) is 24.2. The maximum absolute atomic E-state index is 2.74. The van der Waals surface area contributed by atoms with Crippen molar-refractivity contribution in [2.75, 3.05) is 0 Å². The van der Waals surface area contributed by atoms with Gasteiger partial charge < -0.3 is 0 Å². The number of hydrogen-bond donors (Lipinski definition) is 0. The molecule has 2 unspecified atom stereocenters. The molecule has 1 aliphatic rings. The number of halogens is 3. The van der Waals surface area contributed by atoms with E-state index in [1.54, 1.807) is 21.9 Å². The summed E-state index contributed by atoms with van der Waals surface area (Å²) >= 11 is -2.18. The summed E-state index contributed by atoms with van der Waals surface area (Å²) in [5, 5.41) is 4.44. The van der Waals surface area contributed by atoms with E-state index in [1.165, 1.54) is 11.1 Å². The summed E-state index contributed by atoms with van der Waals surface area (Å²) in [4.78, 5) is 0. The van der Waals surface area contributed by atoms with Crippen molar-refractivity contribution in [3.8, 4) is 0 Å². The fourth-order valence-electron chi connectivity index (χ4n) is 4.60. The summed E-state index contributed by atoms with van der Waals surface area (Å²) < 4.78 is 2.36. The first-order chi connectivity index (χ1) is 10.9. The van der Waals surface area contributed by atoms with Gasteiger partial charge in [-0.1, -0.05) is 0 Å². The third-order valence-electron chi connectivity index (χ3n) is 6.73. The Hall–Kier alpha value is 0.501. The van der Waals surface area contributed by atoms with Crippen LogP contribution >= 0.6 is 37.2 Å². The van der Waals surface area contributed by atoms with Crippen LogP contribution in [0.15, 0.2) is 38.8 Å². The summed E-state index contributed by atoms with van der Waals surface area (Å²) in [6.45, 7) is 21.7. The van der Waals surface area contributed by atoms with Gasteiger partial charge in [0.25, 0.3) is 0 Å². The third kappa shape index (κ3) is 5.77. The normalized spacial score (nSPS) is 19.6. The van der Waals surface area contributed by atoms with Gasteiger partial charge in [0.2, 0.25) is 0 Å². The van der Waals surface area contributed by atoms with Crippen molar-refractivity contribution in [1.82, 2.24) is 0 Å². The third-order valence-corrected chi connectivity index (χ3v) is 27.7. The van der Waals surface area contributed by atoms with Gasteiger partial charge in [-0.25, -0.2) is 0 Å². The van der Waals surface area contributed by atoms with Crippen LogP contribution in [0.2, 0.25) is 8.95 Å². The molecule has 1 aromatic carbocycles. The first-order valence-corrected chi connectivity index (χ1v) is 17.2. The Bertz CT molecular complexity index is 711. The molecule has 0 fully saturated rings. The van der Waals surface area contributed by atoms with E-state index >= 15 is 0 Å². The molecule has 1 aliphatic carbocycles. The van der Waals surface area contributed by atoms with E-state index < -0.39 is 15.8 Å². The Labute approximate surface area is 191 Å². The second kappa shape index (κ2) is 10.5. The van der Waals surface area contributed by atoms with E-state index in [0.717, 1.165) is 0 Å². The Morgan fingerprint density at radius 1 is 0.815 bits per heavy atom. The first-order valence-electron chi connectivity index (χ1n) is 9.34. The van der Waals surface area contributed by atoms with Gasteiger partial charge in [0, 0.05) is 0 Å². The first kappa shape index (κ1) is 29.7. The molecular formula is C22H39Cl3SiTi. The number of allylic oxidation sites excluding steroid dienone is 4. The van der Waals surface area contributed by atoms with Crippen molar-refractivity contribution in [3.63, 3.8) is 0 Å². The van der Waals surface area contributed by atoms with Crippen LogP contribution < -0.4 is 5.19 Å². The molecule has 1 aromatic rings. The summed E-state index contributed by atoms with van der Waals surface area (Å²) in [6, 6.07) is 7.28. The van der Waals surface area contributed by atoms with Crippen molar-refractivity contribution in [2.45, 2.75) is 71.3 Å². The second-order valence-corrected chi connectivity index (χ2v) is 25.3.